The van der Waals surface area contributed by atoms with E-state index in [-0.39, 0.29) is 17.0 Å². The van der Waals surface area contributed by atoms with Gasteiger partial charge in [-0.15, -0.1) is 0 Å². The molecule has 0 spiro atoms. The number of hydrogen-bond acceptors (Lipinski definition) is 4. The largest absolute Gasteiger partial charge is 0.379 e. The van der Waals surface area contributed by atoms with Gasteiger partial charge in [0.15, 0.2) is 0 Å². The van der Waals surface area contributed by atoms with Crippen LogP contribution in [0.4, 0.5) is 0 Å². The highest BCUT2D eigenvalue weighted by molar-refractivity contribution is 5.93. The van der Waals surface area contributed by atoms with Crippen molar-refractivity contribution in [1.29, 1.82) is 0 Å². The third kappa shape index (κ3) is 3.64. The molecule has 1 amide bonds. The van der Waals surface area contributed by atoms with Crippen molar-refractivity contribution in [2.24, 2.45) is 5.92 Å². The first-order valence-corrected chi connectivity index (χ1v) is 8.45. The second-order valence-electron chi connectivity index (χ2n) is 6.43. The third-order valence-electron chi connectivity index (χ3n) is 5.18. The van der Waals surface area contributed by atoms with Gasteiger partial charge in [-0.2, -0.15) is 0 Å². The van der Waals surface area contributed by atoms with E-state index >= 15 is 0 Å². The Labute approximate surface area is 136 Å². The summed E-state index contributed by atoms with van der Waals surface area (Å²) >= 11 is 0. The zero-order chi connectivity index (χ0) is 16.2. The van der Waals surface area contributed by atoms with E-state index in [1.165, 1.54) is 0 Å². The zero-order valence-corrected chi connectivity index (χ0v) is 13.7. The first kappa shape index (κ1) is 16.2. The van der Waals surface area contributed by atoms with Gasteiger partial charge >= 0.3 is 0 Å². The van der Waals surface area contributed by atoms with E-state index in [9.17, 15) is 9.59 Å². The minimum absolute atomic E-state index is 0.149. The number of rotatable bonds is 3. The molecule has 0 bridgehead atoms. The fourth-order valence-corrected chi connectivity index (χ4v) is 3.63. The molecule has 2 aliphatic heterocycles. The number of aromatic amines is 1. The van der Waals surface area contributed by atoms with Crippen molar-refractivity contribution in [3.8, 4) is 0 Å². The van der Waals surface area contributed by atoms with Gasteiger partial charge in [-0.05, 0) is 37.8 Å². The second kappa shape index (κ2) is 7.27. The highest BCUT2D eigenvalue weighted by atomic mass is 16.5. The van der Waals surface area contributed by atoms with Gasteiger partial charge in [-0.3, -0.25) is 14.5 Å². The van der Waals surface area contributed by atoms with Gasteiger partial charge in [0.05, 0.1) is 13.2 Å². The van der Waals surface area contributed by atoms with Crippen LogP contribution in [0.1, 0.15) is 30.1 Å². The monoisotopic (exact) mass is 319 g/mol. The summed E-state index contributed by atoms with van der Waals surface area (Å²) in [7, 11) is 0. The predicted molar refractivity (Wildman–Crippen MR) is 87.5 cm³/mol. The van der Waals surface area contributed by atoms with E-state index in [2.05, 4.69) is 16.8 Å². The normalized spacial score (nSPS) is 22.0. The molecule has 2 saturated heterocycles. The smallest absolute Gasteiger partial charge is 0.260 e. The Kier molecular flexibility index (Phi) is 5.13. The quantitative estimate of drug-likeness (QED) is 0.901. The molecule has 0 radical (unpaired) electrons. The molecular formula is C17H25N3O3. The van der Waals surface area contributed by atoms with Crippen LogP contribution >= 0.6 is 0 Å². The first-order valence-electron chi connectivity index (χ1n) is 8.45. The zero-order valence-electron chi connectivity index (χ0n) is 13.7. The van der Waals surface area contributed by atoms with Gasteiger partial charge in [0.2, 0.25) is 0 Å². The standard InChI is InChI=1S/C17H25N3O3/c1-13(19-9-11-23-12-10-19)14-4-7-20(8-5-14)17(22)15-3-2-6-18-16(15)21/h2-3,6,13-14H,4-5,7-12H2,1H3,(H,18,21)/t13-/m1/s1. The highest BCUT2D eigenvalue weighted by Crippen LogP contribution is 2.25. The van der Waals surface area contributed by atoms with Crippen LogP contribution in [0.5, 0.6) is 0 Å². The molecule has 2 aliphatic rings. The van der Waals surface area contributed by atoms with E-state index in [1.807, 2.05) is 4.90 Å². The number of H-pyrrole nitrogens is 1. The Balaban J connectivity index is 1.57. The molecule has 0 saturated carbocycles. The number of aromatic nitrogens is 1. The number of amides is 1. The van der Waals surface area contributed by atoms with Crippen LogP contribution in [-0.4, -0.2) is 66.1 Å². The van der Waals surface area contributed by atoms with Crippen LogP contribution in [0, 0.1) is 5.92 Å². The van der Waals surface area contributed by atoms with Crippen LogP contribution < -0.4 is 5.56 Å². The molecule has 6 heteroatoms. The molecule has 0 aromatic carbocycles. The fraction of sp³-hybridized carbons (Fsp3) is 0.647. The number of hydrogen-bond donors (Lipinski definition) is 1. The summed E-state index contributed by atoms with van der Waals surface area (Å²) in [5, 5.41) is 0. The van der Waals surface area contributed by atoms with Crippen LogP contribution in [-0.2, 0) is 4.74 Å². The number of likely N-dealkylation sites (tertiary alicyclic amines) is 1. The summed E-state index contributed by atoms with van der Waals surface area (Å²) in [4.78, 5) is 31.1. The molecular weight excluding hydrogens is 294 g/mol. The molecule has 126 valence electrons. The summed E-state index contributed by atoms with van der Waals surface area (Å²) in [6.45, 7) is 7.38. The fourth-order valence-electron chi connectivity index (χ4n) is 3.63. The summed E-state index contributed by atoms with van der Waals surface area (Å²) < 4.78 is 5.42. The van der Waals surface area contributed by atoms with Crippen molar-refractivity contribution in [1.82, 2.24) is 14.8 Å². The number of morpholine rings is 1. The molecule has 2 fully saturated rings. The summed E-state index contributed by atoms with van der Waals surface area (Å²) in [5.74, 6) is 0.454. The first-order chi connectivity index (χ1) is 11.2. The lowest BCUT2D eigenvalue weighted by Crippen LogP contribution is -2.49. The highest BCUT2D eigenvalue weighted by Gasteiger charge is 2.30. The Hall–Kier alpha value is -1.66. The van der Waals surface area contributed by atoms with Crippen LogP contribution in [0.2, 0.25) is 0 Å². The molecule has 3 heterocycles. The Morgan fingerprint density at radius 3 is 2.61 bits per heavy atom. The Morgan fingerprint density at radius 2 is 1.96 bits per heavy atom. The van der Waals surface area contributed by atoms with Crippen LogP contribution in [0.3, 0.4) is 0 Å². The van der Waals surface area contributed by atoms with E-state index in [1.54, 1.807) is 18.3 Å². The second-order valence-corrected chi connectivity index (χ2v) is 6.43. The summed E-state index contributed by atoms with van der Waals surface area (Å²) in [5.41, 5.74) is -0.0616. The van der Waals surface area contributed by atoms with Crippen molar-refractivity contribution in [3.05, 3.63) is 34.2 Å². The number of carbonyl (C=O) groups is 1. The Bertz CT molecular complexity index is 587. The maximum Gasteiger partial charge on any atom is 0.260 e. The van der Waals surface area contributed by atoms with Gasteiger partial charge in [0.25, 0.3) is 11.5 Å². The molecule has 3 rings (SSSR count). The van der Waals surface area contributed by atoms with Gasteiger partial charge < -0.3 is 14.6 Å². The average molecular weight is 319 g/mol. The average Bonchev–Trinajstić information content (AvgIpc) is 2.62. The van der Waals surface area contributed by atoms with Crippen molar-refractivity contribution >= 4 is 5.91 Å². The maximum atomic E-state index is 12.5. The number of pyridine rings is 1. The van der Waals surface area contributed by atoms with Gasteiger partial charge in [-0.25, -0.2) is 0 Å². The molecule has 1 aromatic heterocycles. The van der Waals surface area contributed by atoms with Crippen molar-refractivity contribution < 1.29 is 9.53 Å². The van der Waals surface area contributed by atoms with Gasteiger partial charge in [-0.1, -0.05) is 0 Å². The third-order valence-corrected chi connectivity index (χ3v) is 5.18. The van der Waals surface area contributed by atoms with E-state index in [0.29, 0.717) is 12.0 Å². The molecule has 23 heavy (non-hydrogen) atoms. The molecule has 1 atom stereocenters. The number of ether oxygens (including phenoxy) is 1. The van der Waals surface area contributed by atoms with Crippen molar-refractivity contribution in [2.75, 3.05) is 39.4 Å². The lowest BCUT2D eigenvalue weighted by molar-refractivity contribution is -0.000961. The predicted octanol–water partition coefficient (Wildman–Crippen LogP) is 0.948. The molecule has 0 aliphatic carbocycles. The lowest BCUT2D eigenvalue weighted by atomic mass is 9.89. The molecule has 1 aromatic rings. The summed E-state index contributed by atoms with van der Waals surface area (Å²) in [6, 6.07) is 3.82. The number of nitrogens with one attached hydrogen (secondary N) is 1. The number of nitrogens with zero attached hydrogens (tertiary/aromatic N) is 2. The van der Waals surface area contributed by atoms with Gasteiger partial charge in [0.1, 0.15) is 5.56 Å². The minimum Gasteiger partial charge on any atom is -0.379 e. The topological polar surface area (TPSA) is 65.6 Å². The van der Waals surface area contributed by atoms with E-state index in [0.717, 1.165) is 52.2 Å². The molecule has 0 unspecified atom stereocenters. The lowest BCUT2D eigenvalue weighted by Gasteiger charge is -2.41. The van der Waals surface area contributed by atoms with Gasteiger partial charge in [0, 0.05) is 38.4 Å². The van der Waals surface area contributed by atoms with Crippen molar-refractivity contribution in [2.45, 2.75) is 25.8 Å². The summed E-state index contributed by atoms with van der Waals surface area (Å²) in [6.07, 6.45) is 3.54. The van der Waals surface area contributed by atoms with E-state index in [4.69, 9.17) is 4.74 Å². The van der Waals surface area contributed by atoms with E-state index < -0.39 is 0 Å². The van der Waals surface area contributed by atoms with Crippen LogP contribution in [0.15, 0.2) is 23.1 Å². The van der Waals surface area contributed by atoms with Crippen molar-refractivity contribution in [3.63, 3.8) is 0 Å². The maximum absolute atomic E-state index is 12.5. The van der Waals surface area contributed by atoms with Crippen LogP contribution in [0.25, 0.3) is 0 Å². The SMILES string of the molecule is C[C@H](C1CCN(C(=O)c2ccc[nH]c2=O)CC1)N1CCOCC1. The molecule has 1 N–H and O–H groups in total. The number of piperidine rings is 1. The minimum atomic E-state index is -0.304. The molecule has 6 nitrogen and oxygen atoms in total. The Morgan fingerprint density at radius 1 is 1.26 bits per heavy atom. The number of carbonyl (C=O) groups excluding carboxylic acids is 1.